The van der Waals surface area contributed by atoms with Gasteiger partial charge in [0.2, 0.25) is 23.6 Å². The second-order valence-corrected chi connectivity index (χ2v) is 32.6. The van der Waals surface area contributed by atoms with Gasteiger partial charge in [0.1, 0.15) is 238 Å². The average Bonchev–Trinajstić information content (AvgIpc) is 0.843. The molecule has 57 nitrogen and oxygen atoms in total. The summed E-state index contributed by atoms with van der Waals surface area (Å²) in [6, 6.07) is -7.88. The van der Waals surface area contributed by atoms with Crippen LogP contribution in [0.2, 0.25) is 0 Å². The van der Waals surface area contributed by atoms with Gasteiger partial charge in [0.25, 0.3) is 0 Å². The predicted molar refractivity (Wildman–Crippen MR) is 385 cm³/mol. The first-order chi connectivity index (χ1) is 59.3. The minimum absolute atomic E-state index is 0.818. The fourth-order valence-electron chi connectivity index (χ4n) is 16.0. The molecule has 31 N–H and O–H groups in total. The maximum absolute atomic E-state index is 13.6. The summed E-state index contributed by atoms with van der Waals surface area (Å²) >= 11 is 0. The van der Waals surface area contributed by atoms with Crippen molar-refractivity contribution >= 4 is 34.0 Å². The Labute approximate surface area is 713 Å². The van der Waals surface area contributed by atoms with Crippen LogP contribution >= 0.6 is 0 Å². The molecule has 0 saturated carbocycles. The molecule has 0 aromatic heterocycles. The van der Waals surface area contributed by atoms with E-state index in [0.717, 1.165) is 27.7 Å². The first kappa shape index (κ1) is 104. The van der Waals surface area contributed by atoms with Crippen LogP contribution in [0.15, 0.2) is 0 Å². The number of aliphatic hydroxyl groups excluding tert-OH is 26. The van der Waals surface area contributed by atoms with Crippen molar-refractivity contribution in [1.29, 1.82) is 0 Å². The largest absolute Gasteiger partial charge is 0.397 e. The molecule has 10 fully saturated rings. The van der Waals surface area contributed by atoms with Gasteiger partial charge >= 0.3 is 10.4 Å². The van der Waals surface area contributed by atoms with Crippen molar-refractivity contribution < 1.29 is 259 Å². The van der Waals surface area contributed by atoms with Crippen molar-refractivity contribution in [1.82, 2.24) is 21.3 Å². The summed E-state index contributed by atoms with van der Waals surface area (Å²) in [6.45, 7) is -6.06. The lowest BCUT2D eigenvalue weighted by Gasteiger charge is -2.52. The number of amides is 4. The Hall–Kier alpha value is -4.05. The molecule has 10 aliphatic heterocycles. The zero-order chi connectivity index (χ0) is 93.0. The zero-order valence-corrected chi connectivity index (χ0v) is 68.1. The van der Waals surface area contributed by atoms with E-state index in [1.165, 1.54) is 6.92 Å². The van der Waals surface area contributed by atoms with E-state index in [-0.39, 0.29) is 0 Å². The van der Waals surface area contributed by atoms with E-state index in [4.69, 9.17) is 94.2 Å². The van der Waals surface area contributed by atoms with Gasteiger partial charge < -0.3 is 244 Å². The molecule has 0 unspecified atom stereocenters. The minimum atomic E-state index is -5.62. The molecule has 10 saturated heterocycles. The Bertz CT molecular complexity index is 3570. The molecule has 58 heteroatoms. The molecule has 0 spiro atoms. The molecule has 0 aliphatic carbocycles. The van der Waals surface area contributed by atoms with Crippen LogP contribution < -0.4 is 21.3 Å². The summed E-state index contributed by atoms with van der Waals surface area (Å²) in [5.74, 6) is -3.91. The van der Waals surface area contributed by atoms with Gasteiger partial charge in [-0.25, -0.2) is 4.18 Å². The summed E-state index contributed by atoms with van der Waals surface area (Å²) in [5, 5.41) is 301. The lowest BCUT2D eigenvalue weighted by molar-refractivity contribution is -0.400. The van der Waals surface area contributed by atoms with E-state index >= 15 is 0 Å². The Kier molecular flexibility index (Phi) is 37.0. The second kappa shape index (κ2) is 44.9. The van der Waals surface area contributed by atoms with Gasteiger partial charge in [-0.3, -0.25) is 23.7 Å². The summed E-state index contributed by atoms with van der Waals surface area (Å²) in [7, 11) is -5.62. The van der Waals surface area contributed by atoms with E-state index in [2.05, 4.69) is 21.3 Å². The summed E-state index contributed by atoms with van der Waals surface area (Å²) in [5.41, 5.74) is 0. The van der Waals surface area contributed by atoms with Crippen LogP contribution in [-0.4, -0.2) is 536 Å². The number of rotatable bonds is 33. The molecule has 730 valence electrons. The standard InChI is InChI=1S/C68H114N4O53S/c1-15-33(84)42(93)47(98)63(108-15)122-55-32(72-19(5)83)62(117-28(14-107-126(103,104)105)54(55)121-65-49(100)44(95)35(86)21(7-74)111-65)124-57-45(96)36(87)22(8-75)112-67(57)106-13-27-38(89)56(50(101)66(116-27)120-53-26(12-79)114-60(30(40(53)91)70-17(3)81)118-51-24(10-77)109-59(102)29(39(51)90)69-16(2)80)123-68-58(46(97)37(88)23(9-76)113-68)125-61-31(71-18(4)82)41(92)52(25(11-78)115-61)119-64-48(99)43(94)34(85)20(6-73)110-64/h15,20-68,73-79,84-102H,6-14H2,1-5H3,(H,69,80)(H,70,81)(H,71,82)(H,72,83)(H,103,104,105)/t15-,20+,21+,22+,23+,24+,25+,26+,27+,28+,29+,30-,31+,32+,33+,34-,35-,36+,37+,38+,39+,40+,41+,42+,43-,44-,45-,46-,47-,48+,49+,50-,51+,52+,53+,54+,55+,56-,57-,58-,59+,60-,61-,62-,63-,64-,65-,66-,67-,68+/m0/s1. The van der Waals surface area contributed by atoms with Gasteiger partial charge in [-0.2, -0.15) is 8.42 Å². The maximum Gasteiger partial charge on any atom is 0.397 e. The Balaban J connectivity index is 1.03. The first-order valence-corrected chi connectivity index (χ1v) is 41.0. The summed E-state index contributed by atoms with van der Waals surface area (Å²) < 4.78 is 153. The van der Waals surface area contributed by atoms with Crippen molar-refractivity contribution in [3.8, 4) is 0 Å². The fraction of sp³-hybridized carbons (Fsp3) is 0.941. The lowest BCUT2D eigenvalue weighted by Crippen LogP contribution is -2.71. The molecule has 4 amide bonds. The van der Waals surface area contributed by atoms with E-state index in [9.17, 15) is 165 Å². The van der Waals surface area contributed by atoms with E-state index in [1.54, 1.807) is 0 Å². The number of aliphatic hydroxyl groups is 26. The molecular weight excluding hydrogens is 1750 g/mol. The molecule has 0 aromatic carbocycles. The average molecular weight is 1870 g/mol. The molecule has 10 aliphatic rings. The predicted octanol–water partition coefficient (Wildman–Crippen LogP) is -21.4. The highest BCUT2D eigenvalue weighted by Gasteiger charge is 2.63. The van der Waals surface area contributed by atoms with Gasteiger partial charge in [0.05, 0.1) is 65.6 Å². The molecule has 0 bridgehead atoms. The Morgan fingerprint density at radius 3 is 1.00 bits per heavy atom. The van der Waals surface area contributed by atoms with E-state index in [0.29, 0.717) is 0 Å². The maximum atomic E-state index is 13.6. The molecule has 10 heterocycles. The highest BCUT2D eigenvalue weighted by atomic mass is 32.3. The van der Waals surface area contributed by atoms with E-state index in [1.807, 2.05) is 0 Å². The molecule has 10 rings (SSSR count). The second-order valence-electron chi connectivity index (χ2n) is 31.5. The zero-order valence-electron chi connectivity index (χ0n) is 67.3. The number of nitrogens with one attached hydrogen (secondary N) is 4. The first-order valence-electron chi connectivity index (χ1n) is 39.7. The third-order valence-corrected chi connectivity index (χ3v) is 23.1. The summed E-state index contributed by atoms with van der Waals surface area (Å²) in [6.07, 6.45) is -100. The van der Waals surface area contributed by atoms with Crippen LogP contribution in [0, 0.1) is 0 Å². The molecule has 126 heavy (non-hydrogen) atoms. The van der Waals surface area contributed by atoms with Crippen LogP contribution in [-0.2, 0) is 124 Å². The topological polar surface area (TPSA) is 881 Å². The smallest absolute Gasteiger partial charge is 0.394 e. The summed E-state index contributed by atoms with van der Waals surface area (Å²) in [4.78, 5) is 51.9. The molecule has 50 atom stereocenters. The third kappa shape index (κ3) is 23.5. The van der Waals surface area contributed by atoms with E-state index < -0.39 is 400 Å². The van der Waals surface area contributed by atoms with Crippen molar-refractivity contribution in [2.24, 2.45) is 0 Å². The van der Waals surface area contributed by atoms with Gasteiger partial charge in [-0.05, 0) is 6.92 Å². The Morgan fingerprint density at radius 1 is 0.262 bits per heavy atom. The number of carbonyl (C=O) groups excluding carboxylic acids is 4. The lowest BCUT2D eigenvalue weighted by atomic mass is 9.93. The molecular formula is C68H114N4O53S. The van der Waals surface area contributed by atoms with Crippen molar-refractivity contribution in [2.45, 2.75) is 341 Å². The van der Waals surface area contributed by atoms with Gasteiger partial charge in [0.15, 0.2) is 62.9 Å². The minimum Gasteiger partial charge on any atom is -0.394 e. The normalized spacial score (nSPS) is 48.6. The van der Waals surface area contributed by atoms with Crippen LogP contribution in [0.4, 0.5) is 0 Å². The number of hydrogen-bond donors (Lipinski definition) is 31. The van der Waals surface area contributed by atoms with Crippen molar-refractivity contribution in [3.05, 3.63) is 0 Å². The SMILES string of the molecule is CC(=O)N[C@@H]1[C@H](O[C@H]2[C@H](O)[C@@H](NC(C)=O)[C@H](O)O[C@@H]2CO)O[C@H](CO)[C@@H](O[C@@H]2O[C@H](CO[C@H]3O[C@H](CO)[C@@H](O)[C@H](O)[C@@H]3O[C@@H]3O[C@H](COS(=O)(=O)O)[C@@H](O[C@@H]4O[C@H](CO)[C@H](O)[C@H](O)[C@H]4O)[C@H](O[C@@H]4O[C@@H](C)[C@@H](O)[C@@H](O)[C@@H]4O)[C@H]3NC(C)=O)[C@@H](O)[C@H](O[C@H]3O[C@H](CO)[C@@H](O)[C@H](O)[C@@H]3O[C@@H]3O[C@H](CO)[C@@H](O[C@@H]4O[C@H](CO)[C@H](O)[C@H](O)[C@H]4O)[C@H](O)[C@H]3NC(C)=O)[C@@H]2O)[C@@H]1O. The van der Waals surface area contributed by atoms with Gasteiger partial charge in [-0.15, -0.1) is 0 Å². The van der Waals surface area contributed by atoms with Crippen LogP contribution in [0.1, 0.15) is 34.6 Å². The monoisotopic (exact) mass is 1870 g/mol. The highest BCUT2D eigenvalue weighted by molar-refractivity contribution is 7.80. The number of carbonyl (C=O) groups is 4. The van der Waals surface area contributed by atoms with Crippen molar-refractivity contribution in [2.75, 3.05) is 59.5 Å². The fourth-order valence-corrected chi connectivity index (χ4v) is 16.3. The third-order valence-electron chi connectivity index (χ3n) is 22.6. The van der Waals surface area contributed by atoms with Gasteiger partial charge in [0, 0.05) is 27.7 Å². The van der Waals surface area contributed by atoms with Gasteiger partial charge in [-0.1, -0.05) is 0 Å². The van der Waals surface area contributed by atoms with Crippen molar-refractivity contribution in [3.63, 3.8) is 0 Å². The number of hydrogen-bond acceptors (Lipinski definition) is 52. The highest BCUT2D eigenvalue weighted by Crippen LogP contribution is 2.42. The van der Waals surface area contributed by atoms with Crippen LogP contribution in [0.3, 0.4) is 0 Å². The quantitative estimate of drug-likeness (QED) is 0.0271. The molecule has 0 radical (unpaired) electrons. The molecule has 0 aromatic rings. The number of ether oxygens (including phenoxy) is 19. The van der Waals surface area contributed by atoms with Crippen LogP contribution in [0.25, 0.3) is 0 Å². The van der Waals surface area contributed by atoms with Crippen LogP contribution in [0.5, 0.6) is 0 Å². The Morgan fingerprint density at radius 2 is 0.563 bits per heavy atom.